The van der Waals surface area contributed by atoms with Crippen molar-refractivity contribution in [3.8, 4) is 6.07 Å². The molecule has 15 heavy (non-hydrogen) atoms. The van der Waals surface area contributed by atoms with Crippen LogP contribution in [0.1, 0.15) is 30.4 Å². The Morgan fingerprint density at radius 1 is 1.60 bits per heavy atom. The molecule has 0 aromatic heterocycles. The normalized spacial score (nSPS) is 11.9. The van der Waals surface area contributed by atoms with Crippen molar-refractivity contribution in [1.29, 1.82) is 5.26 Å². The lowest BCUT2D eigenvalue weighted by Gasteiger charge is -2.10. The number of hydrogen-bond donors (Lipinski definition) is 0. The van der Waals surface area contributed by atoms with Gasteiger partial charge in [-0.2, -0.15) is 5.26 Å². The lowest BCUT2D eigenvalue weighted by atomic mass is 9.94. The molecule has 1 unspecified atom stereocenters. The second kappa shape index (κ2) is 5.09. The zero-order chi connectivity index (χ0) is 11.4. The monoisotopic (exact) mass is 265 g/mol. The molecule has 0 amide bonds. The van der Waals surface area contributed by atoms with Gasteiger partial charge in [-0.05, 0) is 25.5 Å². The summed E-state index contributed by atoms with van der Waals surface area (Å²) in [4.78, 5) is 11.0. The minimum Gasteiger partial charge on any atom is -0.300 e. The summed E-state index contributed by atoms with van der Waals surface area (Å²) in [7, 11) is 0. The van der Waals surface area contributed by atoms with Gasteiger partial charge in [0, 0.05) is 10.9 Å². The predicted molar refractivity (Wildman–Crippen MR) is 62.5 cm³/mol. The van der Waals surface area contributed by atoms with Crippen LogP contribution in [0.25, 0.3) is 0 Å². The Morgan fingerprint density at radius 3 is 2.80 bits per heavy atom. The van der Waals surface area contributed by atoms with Crippen LogP contribution < -0.4 is 0 Å². The van der Waals surface area contributed by atoms with E-state index in [1.165, 1.54) is 6.92 Å². The molecule has 0 N–H and O–H groups in total. The van der Waals surface area contributed by atoms with Crippen molar-refractivity contribution in [2.45, 2.75) is 26.2 Å². The van der Waals surface area contributed by atoms with Gasteiger partial charge in [0.2, 0.25) is 0 Å². The molecule has 1 aromatic rings. The predicted octanol–water partition coefficient (Wildman–Crippen LogP) is 3.34. The van der Waals surface area contributed by atoms with E-state index >= 15 is 0 Å². The van der Waals surface area contributed by atoms with Crippen molar-refractivity contribution in [3.63, 3.8) is 0 Å². The zero-order valence-corrected chi connectivity index (χ0v) is 10.3. The molecular weight excluding hydrogens is 254 g/mol. The summed E-state index contributed by atoms with van der Waals surface area (Å²) in [6.07, 6.45) is 0.276. The molecule has 1 atom stereocenters. The first-order valence-corrected chi connectivity index (χ1v) is 5.49. The Hall–Kier alpha value is -1.14. The van der Waals surface area contributed by atoms with Gasteiger partial charge in [-0.3, -0.25) is 4.79 Å². The van der Waals surface area contributed by atoms with Crippen LogP contribution in [0.15, 0.2) is 22.7 Å². The fourth-order valence-electron chi connectivity index (χ4n) is 1.44. The SMILES string of the molecule is CC(=O)CC(C#N)c1cc(C)ccc1Br. The van der Waals surface area contributed by atoms with Crippen molar-refractivity contribution >= 4 is 21.7 Å². The third kappa shape index (κ3) is 3.17. The van der Waals surface area contributed by atoms with Gasteiger partial charge in [0.05, 0.1) is 12.0 Å². The second-order valence-corrected chi connectivity index (χ2v) is 4.47. The van der Waals surface area contributed by atoms with E-state index in [4.69, 9.17) is 5.26 Å². The van der Waals surface area contributed by atoms with Crippen LogP contribution in [0.5, 0.6) is 0 Å². The van der Waals surface area contributed by atoms with Crippen LogP contribution >= 0.6 is 15.9 Å². The lowest BCUT2D eigenvalue weighted by molar-refractivity contribution is -0.117. The minimum absolute atomic E-state index is 0.0370. The molecule has 0 aliphatic carbocycles. The minimum atomic E-state index is -0.350. The zero-order valence-electron chi connectivity index (χ0n) is 8.75. The van der Waals surface area contributed by atoms with Crippen LogP contribution in [0, 0.1) is 18.3 Å². The van der Waals surface area contributed by atoms with Crippen molar-refractivity contribution in [2.75, 3.05) is 0 Å². The second-order valence-electron chi connectivity index (χ2n) is 3.61. The number of carbonyl (C=O) groups is 1. The number of benzene rings is 1. The van der Waals surface area contributed by atoms with E-state index in [0.29, 0.717) is 0 Å². The number of aryl methyl sites for hydroxylation is 1. The fourth-order valence-corrected chi connectivity index (χ4v) is 1.97. The molecule has 2 nitrogen and oxygen atoms in total. The summed E-state index contributed by atoms with van der Waals surface area (Å²) < 4.78 is 0.890. The highest BCUT2D eigenvalue weighted by atomic mass is 79.9. The Bertz CT molecular complexity index is 420. The van der Waals surface area contributed by atoms with Crippen molar-refractivity contribution in [1.82, 2.24) is 0 Å². The van der Waals surface area contributed by atoms with Crippen molar-refractivity contribution < 1.29 is 4.79 Å². The molecule has 1 aromatic carbocycles. The Kier molecular flexibility index (Phi) is 4.05. The van der Waals surface area contributed by atoms with E-state index in [2.05, 4.69) is 22.0 Å². The molecule has 3 heteroatoms. The van der Waals surface area contributed by atoms with E-state index in [1.54, 1.807) is 0 Å². The van der Waals surface area contributed by atoms with Crippen molar-refractivity contribution in [3.05, 3.63) is 33.8 Å². The molecule has 0 radical (unpaired) electrons. The molecule has 0 bridgehead atoms. The Labute approximate surface area is 98.0 Å². The number of ketones is 1. The molecule has 0 aliphatic rings. The van der Waals surface area contributed by atoms with Crippen LogP contribution in [0.3, 0.4) is 0 Å². The topological polar surface area (TPSA) is 40.9 Å². The summed E-state index contributed by atoms with van der Waals surface area (Å²) in [5.41, 5.74) is 1.99. The van der Waals surface area contributed by atoms with E-state index in [1.807, 2.05) is 25.1 Å². The van der Waals surface area contributed by atoms with E-state index < -0.39 is 0 Å². The molecule has 0 saturated heterocycles. The van der Waals surface area contributed by atoms with E-state index in [0.717, 1.165) is 15.6 Å². The highest BCUT2D eigenvalue weighted by molar-refractivity contribution is 9.10. The standard InChI is InChI=1S/C12H12BrNO/c1-8-3-4-12(13)11(5-8)10(7-14)6-9(2)15/h3-5,10H,6H2,1-2H3. The van der Waals surface area contributed by atoms with Gasteiger partial charge in [0.15, 0.2) is 0 Å². The summed E-state index contributed by atoms with van der Waals surface area (Å²) in [6, 6.07) is 7.99. The first-order valence-electron chi connectivity index (χ1n) is 4.69. The van der Waals surface area contributed by atoms with Crippen LogP contribution in [0.4, 0.5) is 0 Å². The Balaban J connectivity index is 3.07. The van der Waals surface area contributed by atoms with Gasteiger partial charge in [-0.25, -0.2) is 0 Å². The van der Waals surface area contributed by atoms with Gasteiger partial charge >= 0.3 is 0 Å². The number of carbonyl (C=O) groups excluding carboxylic acids is 1. The first-order chi connectivity index (χ1) is 7.04. The van der Waals surface area contributed by atoms with Crippen LogP contribution in [0.2, 0.25) is 0 Å². The first kappa shape index (κ1) is 11.9. The van der Waals surface area contributed by atoms with Crippen molar-refractivity contribution in [2.24, 2.45) is 0 Å². The lowest BCUT2D eigenvalue weighted by Crippen LogP contribution is -2.03. The largest absolute Gasteiger partial charge is 0.300 e. The number of Topliss-reactive ketones (excluding diaryl/α,β-unsaturated/α-hetero) is 1. The maximum absolute atomic E-state index is 11.0. The maximum Gasteiger partial charge on any atom is 0.131 e. The Morgan fingerprint density at radius 2 is 2.27 bits per heavy atom. The molecular formula is C12H12BrNO. The number of nitriles is 1. The molecule has 78 valence electrons. The van der Waals surface area contributed by atoms with E-state index in [9.17, 15) is 4.79 Å². The quantitative estimate of drug-likeness (QED) is 0.841. The number of halogens is 1. The summed E-state index contributed by atoms with van der Waals surface area (Å²) in [5, 5.41) is 9.02. The molecule has 0 aliphatic heterocycles. The highest BCUT2D eigenvalue weighted by Gasteiger charge is 2.15. The molecule has 0 spiro atoms. The molecule has 1 rings (SSSR count). The fraction of sp³-hybridized carbons (Fsp3) is 0.333. The van der Waals surface area contributed by atoms with Gasteiger partial charge in [-0.15, -0.1) is 0 Å². The number of rotatable bonds is 3. The van der Waals surface area contributed by atoms with Gasteiger partial charge in [0.25, 0.3) is 0 Å². The summed E-state index contributed by atoms with van der Waals surface area (Å²) in [6.45, 7) is 3.48. The highest BCUT2D eigenvalue weighted by Crippen LogP contribution is 2.28. The third-order valence-electron chi connectivity index (χ3n) is 2.17. The average Bonchev–Trinajstić information content (AvgIpc) is 2.18. The smallest absolute Gasteiger partial charge is 0.131 e. The van der Waals surface area contributed by atoms with Gasteiger partial charge < -0.3 is 0 Å². The third-order valence-corrected chi connectivity index (χ3v) is 2.90. The summed E-state index contributed by atoms with van der Waals surface area (Å²) >= 11 is 3.40. The number of hydrogen-bond acceptors (Lipinski definition) is 2. The maximum atomic E-state index is 11.0. The summed E-state index contributed by atoms with van der Waals surface area (Å²) in [5.74, 6) is -0.313. The molecule has 0 saturated carbocycles. The molecule has 0 heterocycles. The number of nitrogens with zero attached hydrogens (tertiary/aromatic N) is 1. The van der Waals surface area contributed by atoms with Crippen LogP contribution in [-0.2, 0) is 4.79 Å². The van der Waals surface area contributed by atoms with Gasteiger partial charge in [0.1, 0.15) is 5.78 Å². The molecule has 0 fully saturated rings. The van der Waals surface area contributed by atoms with Crippen LogP contribution in [-0.4, -0.2) is 5.78 Å². The average molecular weight is 266 g/mol. The van der Waals surface area contributed by atoms with Gasteiger partial charge in [-0.1, -0.05) is 33.6 Å². The van der Waals surface area contributed by atoms with E-state index in [-0.39, 0.29) is 18.1 Å².